The summed E-state index contributed by atoms with van der Waals surface area (Å²) >= 11 is 6.27. The van der Waals surface area contributed by atoms with E-state index in [0.29, 0.717) is 22.9 Å². The lowest BCUT2D eigenvalue weighted by Crippen LogP contribution is -2.23. The Balaban J connectivity index is 1.58. The molecular weight excluding hydrogens is 328 g/mol. The van der Waals surface area contributed by atoms with Crippen LogP contribution in [0.2, 0.25) is 5.02 Å². The molecule has 1 aliphatic rings. The Kier molecular flexibility index (Phi) is 3.58. The lowest BCUT2D eigenvalue weighted by atomic mass is 10.1. The number of hydrogen-bond donors (Lipinski definition) is 2. The summed E-state index contributed by atoms with van der Waals surface area (Å²) < 4.78 is 10.6. The summed E-state index contributed by atoms with van der Waals surface area (Å²) in [5.41, 5.74) is 3.17. The second kappa shape index (κ2) is 5.76. The largest absolute Gasteiger partial charge is 0.454 e. The molecule has 0 saturated carbocycles. The number of amides is 1. The molecule has 0 unspecified atom stereocenters. The van der Waals surface area contributed by atoms with Crippen LogP contribution in [0.25, 0.3) is 10.9 Å². The zero-order chi connectivity index (χ0) is 16.7. The van der Waals surface area contributed by atoms with Gasteiger partial charge in [0.25, 0.3) is 5.91 Å². The van der Waals surface area contributed by atoms with Gasteiger partial charge in [0, 0.05) is 23.1 Å². The van der Waals surface area contributed by atoms with Crippen molar-refractivity contribution in [3.8, 4) is 11.5 Å². The minimum absolute atomic E-state index is 0.162. The zero-order valence-corrected chi connectivity index (χ0v) is 13.7. The van der Waals surface area contributed by atoms with Crippen molar-refractivity contribution in [2.45, 2.75) is 13.5 Å². The number of aromatic amines is 1. The molecule has 122 valence electrons. The van der Waals surface area contributed by atoms with E-state index in [9.17, 15) is 4.79 Å². The van der Waals surface area contributed by atoms with Crippen LogP contribution in [0.5, 0.6) is 11.5 Å². The van der Waals surface area contributed by atoms with Gasteiger partial charge in [-0.2, -0.15) is 0 Å². The third kappa shape index (κ3) is 2.47. The van der Waals surface area contributed by atoms with Crippen LogP contribution in [0.15, 0.2) is 36.4 Å². The van der Waals surface area contributed by atoms with Gasteiger partial charge in [0.1, 0.15) is 0 Å². The van der Waals surface area contributed by atoms with E-state index in [2.05, 4.69) is 10.3 Å². The molecule has 3 aromatic rings. The van der Waals surface area contributed by atoms with E-state index < -0.39 is 0 Å². The topological polar surface area (TPSA) is 63.4 Å². The Labute approximate surface area is 143 Å². The maximum Gasteiger partial charge on any atom is 0.254 e. The van der Waals surface area contributed by atoms with Gasteiger partial charge in [-0.1, -0.05) is 23.7 Å². The Morgan fingerprint density at radius 1 is 1.25 bits per heavy atom. The van der Waals surface area contributed by atoms with Crippen LogP contribution in [0.3, 0.4) is 0 Å². The predicted octanol–water partition coefficient (Wildman–Crippen LogP) is 3.79. The zero-order valence-electron chi connectivity index (χ0n) is 13.0. The third-order valence-corrected chi connectivity index (χ3v) is 4.39. The van der Waals surface area contributed by atoms with E-state index in [1.54, 1.807) is 6.07 Å². The Morgan fingerprint density at radius 2 is 2.08 bits per heavy atom. The van der Waals surface area contributed by atoms with Gasteiger partial charge in [0.15, 0.2) is 11.5 Å². The normalized spacial score (nSPS) is 12.6. The van der Waals surface area contributed by atoms with Crippen LogP contribution in [0, 0.1) is 6.92 Å². The Hall–Kier alpha value is -2.66. The van der Waals surface area contributed by atoms with Crippen molar-refractivity contribution < 1.29 is 14.3 Å². The number of carbonyl (C=O) groups is 1. The molecule has 1 aliphatic heterocycles. The first-order chi connectivity index (χ1) is 11.6. The molecule has 0 radical (unpaired) electrons. The number of aromatic nitrogens is 1. The van der Waals surface area contributed by atoms with Crippen LogP contribution in [0.1, 0.15) is 21.6 Å². The minimum Gasteiger partial charge on any atom is -0.454 e. The van der Waals surface area contributed by atoms with Crippen molar-refractivity contribution in [1.82, 2.24) is 10.3 Å². The predicted molar refractivity (Wildman–Crippen MR) is 91.8 cm³/mol. The average Bonchev–Trinajstić information content (AvgIpc) is 3.16. The quantitative estimate of drug-likeness (QED) is 0.761. The molecule has 0 bridgehead atoms. The Morgan fingerprint density at radius 3 is 2.96 bits per heavy atom. The fraction of sp³-hybridized carbons (Fsp3) is 0.167. The van der Waals surface area contributed by atoms with Crippen LogP contribution in [0.4, 0.5) is 0 Å². The summed E-state index contributed by atoms with van der Waals surface area (Å²) in [5.74, 6) is 1.27. The van der Waals surface area contributed by atoms with Gasteiger partial charge in [0.2, 0.25) is 6.79 Å². The molecule has 6 heteroatoms. The van der Waals surface area contributed by atoms with Crippen molar-refractivity contribution in [3.63, 3.8) is 0 Å². The first-order valence-electron chi connectivity index (χ1n) is 7.57. The standard InChI is InChI=1S/C18H15ClN2O3/c1-10-16(17-12(19)3-2-4-13(17)21-10)18(22)20-8-11-5-6-14-15(7-11)24-9-23-14/h2-7,21H,8-9H2,1H3,(H,20,22). The summed E-state index contributed by atoms with van der Waals surface area (Å²) in [5, 5.41) is 4.25. The van der Waals surface area contributed by atoms with Crippen molar-refractivity contribution in [2.75, 3.05) is 6.79 Å². The summed E-state index contributed by atoms with van der Waals surface area (Å²) in [7, 11) is 0. The van der Waals surface area contributed by atoms with Crippen LogP contribution in [-0.2, 0) is 6.54 Å². The SMILES string of the molecule is Cc1[nH]c2cccc(Cl)c2c1C(=O)NCc1ccc2c(c1)OCO2. The molecule has 2 aromatic carbocycles. The summed E-state index contributed by atoms with van der Waals surface area (Å²) in [6.07, 6.45) is 0. The first kappa shape index (κ1) is 14.9. The number of halogens is 1. The highest BCUT2D eigenvalue weighted by atomic mass is 35.5. The second-order valence-electron chi connectivity index (χ2n) is 5.66. The van der Waals surface area contributed by atoms with Gasteiger partial charge in [-0.25, -0.2) is 0 Å². The summed E-state index contributed by atoms with van der Waals surface area (Å²) in [6.45, 7) is 2.50. The summed E-state index contributed by atoms with van der Waals surface area (Å²) in [6, 6.07) is 11.2. The molecule has 2 heterocycles. The molecule has 2 N–H and O–H groups in total. The van der Waals surface area contributed by atoms with Crippen molar-refractivity contribution in [2.24, 2.45) is 0 Å². The highest BCUT2D eigenvalue weighted by Crippen LogP contribution is 2.32. The molecule has 0 atom stereocenters. The number of rotatable bonds is 3. The minimum atomic E-state index is -0.162. The number of H-pyrrole nitrogens is 1. The first-order valence-corrected chi connectivity index (χ1v) is 7.95. The maximum absolute atomic E-state index is 12.7. The van der Waals surface area contributed by atoms with Gasteiger partial charge in [-0.3, -0.25) is 4.79 Å². The molecule has 4 rings (SSSR count). The molecule has 0 saturated heterocycles. The number of fused-ring (bicyclic) bond motifs is 2. The highest BCUT2D eigenvalue weighted by Gasteiger charge is 2.18. The molecule has 0 spiro atoms. The Bertz CT molecular complexity index is 949. The molecule has 1 aromatic heterocycles. The number of hydrogen-bond acceptors (Lipinski definition) is 3. The number of benzene rings is 2. The van der Waals surface area contributed by atoms with Crippen molar-refractivity contribution in [3.05, 3.63) is 58.2 Å². The highest BCUT2D eigenvalue weighted by molar-refractivity contribution is 6.37. The number of aryl methyl sites for hydroxylation is 1. The smallest absolute Gasteiger partial charge is 0.254 e. The number of carbonyl (C=O) groups excluding carboxylic acids is 1. The lowest BCUT2D eigenvalue weighted by molar-refractivity contribution is 0.0952. The molecule has 0 fully saturated rings. The van der Waals surface area contributed by atoms with E-state index >= 15 is 0 Å². The summed E-state index contributed by atoms with van der Waals surface area (Å²) in [4.78, 5) is 15.9. The number of ether oxygens (including phenoxy) is 2. The molecule has 0 aliphatic carbocycles. The van der Waals surface area contributed by atoms with E-state index in [1.807, 2.05) is 37.3 Å². The third-order valence-electron chi connectivity index (χ3n) is 4.08. The molecule has 5 nitrogen and oxygen atoms in total. The van der Waals surface area contributed by atoms with E-state index in [4.69, 9.17) is 21.1 Å². The average molecular weight is 343 g/mol. The fourth-order valence-electron chi connectivity index (χ4n) is 2.94. The monoisotopic (exact) mass is 342 g/mol. The van der Waals surface area contributed by atoms with E-state index in [0.717, 1.165) is 27.9 Å². The maximum atomic E-state index is 12.7. The van der Waals surface area contributed by atoms with Gasteiger partial charge in [-0.05, 0) is 36.8 Å². The number of nitrogens with one attached hydrogen (secondary N) is 2. The van der Waals surface area contributed by atoms with Gasteiger partial charge in [0.05, 0.1) is 10.6 Å². The molecule has 1 amide bonds. The molecule has 24 heavy (non-hydrogen) atoms. The second-order valence-corrected chi connectivity index (χ2v) is 6.06. The van der Waals surface area contributed by atoms with E-state index in [1.165, 1.54) is 0 Å². The van der Waals surface area contributed by atoms with Crippen molar-refractivity contribution >= 4 is 28.4 Å². The van der Waals surface area contributed by atoms with Gasteiger partial charge >= 0.3 is 0 Å². The van der Waals surface area contributed by atoms with Gasteiger partial charge in [-0.15, -0.1) is 0 Å². The fourth-order valence-corrected chi connectivity index (χ4v) is 3.21. The lowest BCUT2D eigenvalue weighted by Gasteiger charge is -2.07. The van der Waals surface area contributed by atoms with E-state index in [-0.39, 0.29) is 12.7 Å². The van der Waals surface area contributed by atoms with Crippen LogP contribution >= 0.6 is 11.6 Å². The molecular formula is C18H15ClN2O3. The van der Waals surface area contributed by atoms with Gasteiger partial charge < -0.3 is 19.8 Å². The van der Waals surface area contributed by atoms with Crippen LogP contribution < -0.4 is 14.8 Å². The van der Waals surface area contributed by atoms with Crippen molar-refractivity contribution in [1.29, 1.82) is 0 Å². The van der Waals surface area contributed by atoms with Crippen LogP contribution in [-0.4, -0.2) is 17.7 Å².